The van der Waals surface area contributed by atoms with E-state index in [9.17, 15) is 21.6 Å². The summed E-state index contributed by atoms with van der Waals surface area (Å²) in [5, 5.41) is 0.720. The van der Waals surface area contributed by atoms with Crippen LogP contribution in [0, 0.1) is 4.51 Å². The number of alkyl halides is 3. The van der Waals surface area contributed by atoms with Crippen molar-refractivity contribution < 1.29 is 21.6 Å². The Balaban J connectivity index is 2.88. The van der Waals surface area contributed by atoms with Gasteiger partial charge in [-0.1, -0.05) is 37.0 Å². The second-order valence-electron chi connectivity index (χ2n) is 4.79. The molecule has 0 bridgehead atoms. The van der Waals surface area contributed by atoms with Gasteiger partial charge in [0.1, 0.15) is 4.90 Å². The van der Waals surface area contributed by atoms with Crippen LogP contribution in [0.1, 0.15) is 5.56 Å². The van der Waals surface area contributed by atoms with Crippen LogP contribution in [0.3, 0.4) is 0 Å². The van der Waals surface area contributed by atoms with Gasteiger partial charge in [0.25, 0.3) is 0 Å². The van der Waals surface area contributed by atoms with Crippen LogP contribution >= 0.6 is 12.2 Å². The number of hydrogen-bond donors (Lipinski definition) is 0. The fourth-order valence-corrected chi connectivity index (χ4v) is 3.55. The zero-order valence-corrected chi connectivity index (χ0v) is 13.6. The monoisotopic (exact) mass is 359 g/mol. The number of aryl methyl sites for hydroxylation is 1. The first kappa shape index (κ1) is 17.4. The fraction of sp³-hybridized carbons (Fsp3) is 0.133. The first-order valence-electron chi connectivity index (χ1n) is 6.32. The lowest BCUT2D eigenvalue weighted by Gasteiger charge is -2.15. The maximum atomic E-state index is 13.2. The number of hydrogen-bond acceptors (Lipinski definition) is 3. The van der Waals surface area contributed by atoms with Crippen LogP contribution in [-0.4, -0.2) is 13.0 Å². The molecule has 0 aliphatic carbocycles. The molecule has 0 amide bonds. The average molecular weight is 359 g/mol. The van der Waals surface area contributed by atoms with E-state index < -0.39 is 21.6 Å². The molecule has 3 nitrogen and oxygen atoms in total. The number of rotatable bonds is 3. The van der Waals surface area contributed by atoms with Gasteiger partial charge >= 0.3 is 6.18 Å². The molecule has 2 rings (SSSR count). The number of halogens is 3. The number of aromatic nitrogens is 1. The molecule has 122 valence electrons. The van der Waals surface area contributed by atoms with Crippen LogP contribution in [0.15, 0.2) is 53.5 Å². The van der Waals surface area contributed by atoms with E-state index >= 15 is 0 Å². The second kappa shape index (κ2) is 5.93. The van der Waals surface area contributed by atoms with Crippen molar-refractivity contribution in [2.75, 3.05) is 0 Å². The van der Waals surface area contributed by atoms with Gasteiger partial charge in [-0.3, -0.25) is 0 Å². The summed E-state index contributed by atoms with van der Waals surface area (Å²) < 4.78 is 64.8. The Labute approximate surface area is 136 Å². The first-order chi connectivity index (χ1) is 10.6. The van der Waals surface area contributed by atoms with Crippen molar-refractivity contribution in [1.82, 2.24) is 4.57 Å². The molecule has 0 N–H and O–H groups in total. The van der Waals surface area contributed by atoms with Gasteiger partial charge in [0.2, 0.25) is 9.84 Å². The Morgan fingerprint density at radius 2 is 1.78 bits per heavy atom. The minimum Gasteiger partial charge on any atom is -0.355 e. The summed E-state index contributed by atoms with van der Waals surface area (Å²) in [5.74, 6) is 0. The van der Waals surface area contributed by atoms with E-state index in [1.165, 1.54) is 42.2 Å². The molecule has 0 aliphatic rings. The lowest BCUT2D eigenvalue weighted by molar-refractivity contribution is -0.137. The summed E-state index contributed by atoms with van der Waals surface area (Å²) in [6.07, 6.45) is -1.96. The van der Waals surface area contributed by atoms with E-state index in [1.54, 1.807) is 0 Å². The Morgan fingerprint density at radius 1 is 1.17 bits per heavy atom. The fourth-order valence-electron chi connectivity index (χ4n) is 2.13. The number of pyridine rings is 1. The Bertz CT molecular complexity index is 928. The van der Waals surface area contributed by atoms with E-state index in [0.29, 0.717) is 0 Å². The Hall–Kier alpha value is -1.93. The van der Waals surface area contributed by atoms with E-state index in [-0.39, 0.29) is 20.5 Å². The first-order valence-corrected chi connectivity index (χ1v) is 8.28. The van der Waals surface area contributed by atoms with Gasteiger partial charge in [-0.15, -0.1) is 0 Å². The number of benzene rings is 1. The smallest absolute Gasteiger partial charge is 0.355 e. The molecule has 2 aromatic rings. The summed E-state index contributed by atoms with van der Waals surface area (Å²) in [7, 11) is -2.36. The van der Waals surface area contributed by atoms with E-state index in [0.717, 1.165) is 11.5 Å². The molecular formula is C15H12F3NO2S2. The average Bonchev–Trinajstić information content (AvgIpc) is 2.48. The lowest BCUT2D eigenvalue weighted by atomic mass is 10.0. The van der Waals surface area contributed by atoms with Gasteiger partial charge in [-0.2, -0.15) is 13.2 Å². The molecule has 0 aliphatic heterocycles. The minimum absolute atomic E-state index is 0.0263. The standard InChI is InChI=1S/C15H12F3NO2S2/c1-3-23(20,21)13-9-19(2)8-11(14(13)22)10-6-4-5-7-12(10)15(16,17)18/h3-9H,1H2,2H3. The molecule has 0 fully saturated rings. The van der Waals surface area contributed by atoms with Crippen LogP contribution in [0.2, 0.25) is 0 Å². The van der Waals surface area contributed by atoms with E-state index in [2.05, 4.69) is 6.58 Å². The Morgan fingerprint density at radius 3 is 2.35 bits per heavy atom. The minimum atomic E-state index is -4.58. The van der Waals surface area contributed by atoms with Crippen molar-refractivity contribution in [3.63, 3.8) is 0 Å². The van der Waals surface area contributed by atoms with Gasteiger partial charge in [-0.05, 0) is 11.6 Å². The molecular weight excluding hydrogens is 347 g/mol. The van der Waals surface area contributed by atoms with Crippen LogP contribution in [0.5, 0.6) is 0 Å². The normalized spacial score (nSPS) is 12.2. The van der Waals surface area contributed by atoms with Gasteiger partial charge in [-0.25, -0.2) is 8.42 Å². The zero-order chi connectivity index (χ0) is 17.4. The van der Waals surface area contributed by atoms with Gasteiger partial charge in [0.05, 0.1) is 10.1 Å². The van der Waals surface area contributed by atoms with Crippen molar-refractivity contribution in [3.05, 3.63) is 58.7 Å². The highest BCUT2D eigenvalue weighted by Crippen LogP contribution is 2.38. The van der Waals surface area contributed by atoms with Crippen molar-refractivity contribution in [2.45, 2.75) is 11.1 Å². The molecule has 1 heterocycles. The van der Waals surface area contributed by atoms with Crippen molar-refractivity contribution in [2.24, 2.45) is 7.05 Å². The van der Waals surface area contributed by atoms with E-state index in [4.69, 9.17) is 12.2 Å². The summed E-state index contributed by atoms with van der Waals surface area (Å²) in [5.41, 5.74) is -1.01. The molecule has 0 saturated carbocycles. The molecule has 0 radical (unpaired) electrons. The highest BCUT2D eigenvalue weighted by atomic mass is 32.2. The van der Waals surface area contributed by atoms with E-state index in [1.807, 2.05) is 0 Å². The third-order valence-electron chi connectivity index (χ3n) is 3.17. The number of nitrogens with zero attached hydrogens (tertiary/aromatic N) is 1. The molecule has 23 heavy (non-hydrogen) atoms. The summed E-state index contributed by atoms with van der Waals surface area (Å²) >= 11 is 5.12. The highest BCUT2D eigenvalue weighted by Gasteiger charge is 2.34. The molecule has 0 atom stereocenters. The predicted octanol–water partition coefficient (Wildman–Crippen LogP) is 4.36. The molecule has 0 unspecified atom stereocenters. The molecule has 0 spiro atoms. The van der Waals surface area contributed by atoms with Crippen molar-refractivity contribution >= 4 is 22.1 Å². The predicted molar refractivity (Wildman–Crippen MR) is 84.1 cm³/mol. The molecule has 1 aromatic carbocycles. The van der Waals surface area contributed by atoms with Gasteiger partial charge < -0.3 is 4.57 Å². The highest BCUT2D eigenvalue weighted by molar-refractivity contribution is 7.94. The quantitative estimate of drug-likeness (QED) is 0.765. The van der Waals surface area contributed by atoms with Crippen LogP contribution in [0.25, 0.3) is 11.1 Å². The SMILES string of the molecule is C=CS(=O)(=O)c1cn(C)cc(-c2ccccc2C(F)(F)F)c1=S. The van der Waals surface area contributed by atoms with Crippen LogP contribution in [0.4, 0.5) is 13.2 Å². The summed E-state index contributed by atoms with van der Waals surface area (Å²) in [6, 6.07) is 4.89. The van der Waals surface area contributed by atoms with Crippen LogP contribution < -0.4 is 0 Å². The Kier molecular flexibility index (Phi) is 4.50. The van der Waals surface area contributed by atoms with Crippen molar-refractivity contribution in [1.29, 1.82) is 0 Å². The maximum Gasteiger partial charge on any atom is 0.417 e. The topological polar surface area (TPSA) is 39.1 Å². The van der Waals surface area contributed by atoms with Crippen molar-refractivity contribution in [3.8, 4) is 11.1 Å². The molecule has 8 heteroatoms. The number of sulfone groups is 1. The van der Waals surface area contributed by atoms with Gasteiger partial charge in [0, 0.05) is 30.4 Å². The molecule has 1 aromatic heterocycles. The molecule has 0 saturated heterocycles. The third kappa shape index (κ3) is 3.37. The van der Waals surface area contributed by atoms with Crippen LogP contribution in [-0.2, 0) is 23.1 Å². The second-order valence-corrected chi connectivity index (χ2v) is 7.06. The summed E-state index contributed by atoms with van der Waals surface area (Å²) in [6.45, 7) is 3.22. The van der Waals surface area contributed by atoms with Gasteiger partial charge in [0.15, 0.2) is 0 Å². The summed E-state index contributed by atoms with van der Waals surface area (Å²) in [4.78, 5) is -0.250. The third-order valence-corrected chi connectivity index (χ3v) is 5.10. The largest absolute Gasteiger partial charge is 0.417 e. The lowest BCUT2D eigenvalue weighted by Crippen LogP contribution is -2.09. The zero-order valence-electron chi connectivity index (χ0n) is 12.0. The maximum absolute atomic E-state index is 13.2.